The van der Waals surface area contributed by atoms with E-state index in [4.69, 9.17) is 14.6 Å². The third-order valence-electron chi connectivity index (χ3n) is 6.61. The third-order valence-corrected chi connectivity index (χ3v) is 6.61. The zero-order valence-electron chi connectivity index (χ0n) is 18.7. The second-order valence-corrected chi connectivity index (χ2v) is 8.62. The Morgan fingerprint density at radius 2 is 1.80 bits per heavy atom. The van der Waals surface area contributed by atoms with Gasteiger partial charge in [-0.05, 0) is 59.5 Å². The molecule has 174 valence electrons. The van der Waals surface area contributed by atoms with Crippen molar-refractivity contribution in [1.82, 2.24) is 9.88 Å². The molecule has 3 aromatic carbocycles. The van der Waals surface area contributed by atoms with E-state index < -0.39 is 5.97 Å². The van der Waals surface area contributed by atoms with Crippen molar-refractivity contribution in [2.45, 2.75) is 12.5 Å². The molecule has 0 saturated heterocycles. The van der Waals surface area contributed by atoms with Gasteiger partial charge < -0.3 is 24.5 Å². The van der Waals surface area contributed by atoms with E-state index in [1.54, 1.807) is 24.3 Å². The molecule has 1 amide bonds. The molecular formula is C28H22N2O5. The monoisotopic (exact) mass is 466 g/mol. The van der Waals surface area contributed by atoms with Gasteiger partial charge in [0.15, 0.2) is 11.5 Å². The highest BCUT2D eigenvalue weighted by Gasteiger charge is 2.34. The van der Waals surface area contributed by atoms with E-state index in [0.29, 0.717) is 18.0 Å². The first-order valence-electron chi connectivity index (χ1n) is 11.4. The molecule has 35 heavy (non-hydrogen) atoms. The first-order valence-corrected chi connectivity index (χ1v) is 11.4. The molecule has 1 unspecified atom stereocenters. The van der Waals surface area contributed by atoms with Crippen LogP contribution in [0, 0.1) is 0 Å². The van der Waals surface area contributed by atoms with Gasteiger partial charge in [-0.1, -0.05) is 36.4 Å². The zero-order chi connectivity index (χ0) is 23.9. The fraction of sp³-hybridized carbons (Fsp3) is 0.143. The fourth-order valence-electron chi connectivity index (χ4n) is 4.91. The molecule has 2 aliphatic rings. The first-order chi connectivity index (χ1) is 17.1. The maximum absolute atomic E-state index is 13.5. The highest BCUT2D eigenvalue weighted by Crippen LogP contribution is 2.42. The Labute approximate surface area is 201 Å². The van der Waals surface area contributed by atoms with Crippen molar-refractivity contribution in [2.24, 2.45) is 0 Å². The van der Waals surface area contributed by atoms with Gasteiger partial charge in [0.2, 0.25) is 12.7 Å². The molecule has 0 spiro atoms. The molecule has 0 bridgehead atoms. The van der Waals surface area contributed by atoms with Crippen LogP contribution in [0.25, 0.3) is 17.0 Å². The number of H-pyrrole nitrogens is 1. The maximum Gasteiger partial charge on any atom is 0.335 e. The van der Waals surface area contributed by atoms with Gasteiger partial charge in [0.05, 0.1) is 11.6 Å². The molecule has 2 N–H and O–H groups in total. The normalized spacial score (nSPS) is 16.6. The van der Waals surface area contributed by atoms with Crippen LogP contribution in [0.5, 0.6) is 11.5 Å². The van der Waals surface area contributed by atoms with Crippen LogP contribution in [-0.2, 0) is 11.2 Å². The number of rotatable bonds is 4. The van der Waals surface area contributed by atoms with Crippen LogP contribution < -0.4 is 9.47 Å². The van der Waals surface area contributed by atoms with Gasteiger partial charge in [0.25, 0.3) is 0 Å². The Morgan fingerprint density at radius 3 is 2.63 bits per heavy atom. The van der Waals surface area contributed by atoms with Crippen molar-refractivity contribution in [3.8, 4) is 11.5 Å². The second-order valence-electron chi connectivity index (χ2n) is 8.62. The number of fused-ring (bicyclic) bond motifs is 4. The Balaban J connectivity index is 1.38. The Morgan fingerprint density at radius 1 is 1.00 bits per heavy atom. The number of aromatic nitrogens is 1. The number of amides is 1. The van der Waals surface area contributed by atoms with Gasteiger partial charge in [-0.3, -0.25) is 4.79 Å². The molecule has 0 radical (unpaired) electrons. The minimum absolute atomic E-state index is 0.126. The minimum Gasteiger partial charge on any atom is -0.478 e. The lowest BCUT2D eigenvalue weighted by Crippen LogP contribution is -2.39. The number of benzene rings is 3. The third kappa shape index (κ3) is 3.71. The lowest BCUT2D eigenvalue weighted by atomic mass is 9.92. The number of nitrogens with zero attached hydrogens (tertiary/aromatic N) is 1. The standard InChI is InChI=1S/C28H22N2O5/c31-25(12-7-17-5-8-18(9-6-17)28(32)33)30-14-13-21-20-3-1-2-4-22(20)29-26(21)27(30)19-10-11-23-24(15-19)35-16-34-23/h1-12,15,27,29H,13-14,16H2,(H,32,33). The number of aromatic amines is 1. The van der Waals surface area contributed by atoms with Crippen LogP contribution in [0.4, 0.5) is 0 Å². The molecule has 0 aliphatic carbocycles. The Bertz CT molecular complexity index is 1490. The van der Waals surface area contributed by atoms with Crippen molar-refractivity contribution in [3.05, 3.63) is 101 Å². The average molecular weight is 466 g/mol. The van der Waals surface area contributed by atoms with Gasteiger partial charge >= 0.3 is 5.97 Å². The summed E-state index contributed by atoms with van der Waals surface area (Å²) in [4.78, 5) is 30.0. The first kappa shape index (κ1) is 21.0. The zero-order valence-corrected chi connectivity index (χ0v) is 18.7. The molecular weight excluding hydrogens is 444 g/mol. The number of aromatic carboxylic acids is 1. The van der Waals surface area contributed by atoms with Crippen molar-refractivity contribution < 1.29 is 24.2 Å². The number of nitrogens with one attached hydrogen (secondary N) is 1. The van der Waals surface area contributed by atoms with Crippen LogP contribution >= 0.6 is 0 Å². The van der Waals surface area contributed by atoms with Gasteiger partial charge in [0, 0.05) is 29.2 Å². The molecule has 1 aromatic heterocycles. The highest BCUT2D eigenvalue weighted by molar-refractivity contribution is 5.94. The summed E-state index contributed by atoms with van der Waals surface area (Å²) in [7, 11) is 0. The van der Waals surface area contributed by atoms with Crippen molar-refractivity contribution in [3.63, 3.8) is 0 Å². The lowest BCUT2D eigenvalue weighted by molar-refractivity contribution is -0.128. The van der Waals surface area contributed by atoms with E-state index >= 15 is 0 Å². The van der Waals surface area contributed by atoms with E-state index in [2.05, 4.69) is 17.1 Å². The number of ether oxygens (including phenoxy) is 2. The minimum atomic E-state index is -0.981. The van der Waals surface area contributed by atoms with Gasteiger partial charge in [-0.15, -0.1) is 0 Å². The van der Waals surface area contributed by atoms with E-state index in [0.717, 1.165) is 28.8 Å². The van der Waals surface area contributed by atoms with Crippen LogP contribution in [0.2, 0.25) is 0 Å². The van der Waals surface area contributed by atoms with Crippen LogP contribution in [0.15, 0.2) is 72.8 Å². The van der Waals surface area contributed by atoms with Crippen molar-refractivity contribution in [2.75, 3.05) is 13.3 Å². The van der Waals surface area contributed by atoms with Gasteiger partial charge in [-0.2, -0.15) is 0 Å². The van der Waals surface area contributed by atoms with E-state index in [9.17, 15) is 9.59 Å². The Hall–Kier alpha value is -4.52. The molecule has 4 aromatic rings. The number of carboxylic acid groups (broad SMARTS) is 1. The predicted molar refractivity (Wildman–Crippen MR) is 131 cm³/mol. The smallest absolute Gasteiger partial charge is 0.335 e. The SMILES string of the molecule is O=C(O)c1ccc(C=CC(=O)N2CCc3c([nH]c4ccccc34)C2c2ccc3c(c2)OCO3)cc1. The Kier molecular flexibility index (Phi) is 5.03. The number of carbonyl (C=O) groups is 2. The van der Waals surface area contributed by atoms with E-state index in [-0.39, 0.29) is 24.3 Å². The van der Waals surface area contributed by atoms with Crippen molar-refractivity contribution >= 4 is 28.9 Å². The topological polar surface area (TPSA) is 91.9 Å². The summed E-state index contributed by atoms with van der Waals surface area (Å²) in [5.41, 5.74) is 5.18. The average Bonchev–Trinajstić information content (AvgIpc) is 3.51. The molecule has 3 heterocycles. The van der Waals surface area contributed by atoms with Crippen LogP contribution in [0.3, 0.4) is 0 Å². The summed E-state index contributed by atoms with van der Waals surface area (Å²) in [5, 5.41) is 10.3. The number of hydrogen-bond acceptors (Lipinski definition) is 4. The molecule has 6 rings (SSSR count). The molecule has 7 nitrogen and oxygen atoms in total. The molecule has 2 aliphatic heterocycles. The predicted octanol–water partition coefficient (Wildman–Crippen LogP) is 4.78. The summed E-state index contributed by atoms with van der Waals surface area (Å²) < 4.78 is 11.1. The summed E-state index contributed by atoms with van der Waals surface area (Å²) in [6.45, 7) is 0.752. The van der Waals surface area contributed by atoms with Crippen LogP contribution in [-0.4, -0.2) is 40.2 Å². The molecule has 7 heteroatoms. The quantitative estimate of drug-likeness (QED) is 0.422. The number of para-hydroxylation sites is 1. The summed E-state index contributed by atoms with van der Waals surface area (Å²) >= 11 is 0. The van der Waals surface area contributed by atoms with E-state index in [1.807, 2.05) is 35.2 Å². The molecule has 0 saturated carbocycles. The highest BCUT2D eigenvalue weighted by atomic mass is 16.7. The summed E-state index contributed by atoms with van der Waals surface area (Å²) in [5.74, 6) is 0.265. The number of carboxylic acids is 1. The van der Waals surface area contributed by atoms with E-state index in [1.165, 1.54) is 23.1 Å². The largest absolute Gasteiger partial charge is 0.478 e. The maximum atomic E-state index is 13.5. The number of hydrogen-bond donors (Lipinski definition) is 2. The van der Waals surface area contributed by atoms with Gasteiger partial charge in [-0.25, -0.2) is 4.79 Å². The summed E-state index contributed by atoms with van der Waals surface area (Å²) in [6, 6.07) is 20.1. The van der Waals surface area contributed by atoms with Crippen LogP contribution in [0.1, 0.15) is 38.8 Å². The van der Waals surface area contributed by atoms with Crippen molar-refractivity contribution in [1.29, 1.82) is 0 Å². The second kappa shape index (κ2) is 8.36. The summed E-state index contributed by atoms with van der Waals surface area (Å²) in [6.07, 6.45) is 4.00. The molecule has 0 fully saturated rings. The number of carbonyl (C=O) groups excluding carboxylic acids is 1. The molecule has 1 atom stereocenters. The van der Waals surface area contributed by atoms with Gasteiger partial charge in [0.1, 0.15) is 0 Å². The fourth-order valence-corrected chi connectivity index (χ4v) is 4.91. The lowest BCUT2D eigenvalue weighted by Gasteiger charge is -2.35.